The lowest BCUT2D eigenvalue weighted by atomic mass is 10.1. The fourth-order valence-corrected chi connectivity index (χ4v) is 2.57. The van der Waals surface area contributed by atoms with Crippen molar-refractivity contribution in [2.24, 2.45) is 7.05 Å². The van der Waals surface area contributed by atoms with Crippen molar-refractivity contribution >= 4 is 11.0 Å². The number of hydrogen-bond acceptors (Lipinski definition) is 3. The summed E-state index contributed by atoms with van der Waals surface area (Å²) in [4.78, 5) is 0. The van der Waals surface area contributed by atoms with E-state index in [4.69, 9.17) is 4.42 Å². The normalized spacial score (nSPS) is 11.3. The lowest BCUT2D eigenvalue weighted by molar-refractivity contribution is 0.601. The van der Waals surface area contributed by atoms with Gasteiger partial charge in [-0.2, -0.15) is 5.10 Å². The van der Waals surface area contributed by atoms with Crippen LogP contribution in [-0.4, -0.2) is 9.78 Å². The standard InChI is InChI=1S/C16H19N3O/c1-11-15(12(2)19(3)18-11)9-17-8-13-10-20-16-7-5-4-6-14(13)16/h4-7,10,17H,8-9H2,1-3H3. The molecular weight excluding hydrogens is 250 g/mol. The number of benzene rings is 1. The first-order valence-corrected chi connectivity index (χ1v) is 6.81. The Kier molecular flexibility index (Phi) is 3.32. The van der Waals surface area contributed by atoms with Gasteiger partial charge in [0.05, 0.1) is 12.0 Å². The lowest BCUT2D eigenvalue weighted by Crippen LogP contribution is -2.13. The maximum absolute atomic E-state index is 5.55. The van der Waals surface area contributed by atoms with E-state index in [9.17, 15) is 0 Å². The molecular formula is C16H19N3O. The van der Waals surface area contributed by atoms with Crippen LogP contribution in [0.3, 0.4) is 0 Å². The Hall–Kier alpha value is -2.07. The van der Waals surface area contributed by atoms with E-state index in [1.807, 2.05) is 36.2 Å². The van der Waals surface area contributed by atoms with Crippen molar-refractivity contribution in [1.29, 1.82) is 0 Å². The predicted octanol–water partition coefficient (Wildman–Crippen LogP) is 3.07. The average molecular weight is 269 g/mol. The zero-order valence-corrected chi connectivity index (χ0v) is 12.1. The maximum atomic E-state index is 5.55. The van der Waals surface area contributed by atoms with Gasteiger partial charge in [-0.1, -0.05) is 18.2 Å². The number of aromatic nitrogens is 2. The largest absolute Gasteiger partial charge is 0.464 e. The van der Waals surface area contributed by atoms with Gasteiger partial charge in [0.1, 0.15) is 5.58 Å². The van der Waals surface area contributed by atoms with Crippen LogP contribution in [-0.2, 0) is 20.1 Å². The third-order valence-electron chi connectivity index (χ3n) is 3.84. The Morgan fingerprint density at radius 2 is 2.00 bits per heavy atom. The minimum Gasteiger partial charge on any atom is -0.464 e. The number of rotatable bonds is 4. The van der Waals surface area contributed by atoms with E-state index in [1.54, 1.807) is 0 Å². The number of fused-ring (bicyclic) bond motifs is 1. The molecule has 0 aliphatic rings. The van der Waals surface area contributed by atoms with Gasteiger partial charge in [0, 0.05) is 42.3 Å². The molecule has 0 bridgehead atoms. The molecule has 2 aromatic heterocycles. The first-order chi connectivity index (χ1) is 9.66. The smallest absolute Gasteiger partial charge is 0.134 e. The molecule has 0 spiro atoms. The zero-order valence-electron chi connectivity index (χ0n) is 12.1. The van der Waals surface area contributed by atoms with Crippen LogP contribution in [0.25, 0.3) is 11.0 Å². The average Bonchev–Trinajstić information content (AvgIpc) is 2.95. The summed E-state index contributed by atoms with van der Waals surface area (Å²) in [6.07, 6.45) is 1.83. The summed E-state index contributed by atoms with van der Waals surface area (Å²) in [6, 6.07) is 8.12. The topological polar surface area (TPSA) is 43.0 Å². The highest BCUT2D eigenvalue weighted by atomic mass is 16.3. The van der Waals surface area contributed by atoms with Crippen molar-refractivity contribution in [3.05, 3.63) is 53.0 Å². The van der Waals surface area contributed by atoms with Crippen molar-refractivity contribution in [2.45, 2.75) is 26.9 Å². The van der Waals surface area contributed by atoms with Gasteiger partial charge in [-0.15, -0.1) is 0 Å². The summed E-state index contributed by atoms with van der Waals surface area (Å²) >= 11 is 0. The highest BCUT2D eigenvalue weighted by Gasteiger charge is 2.09. The van der Waals surface area contributed by atoms with Crippen LogP contribution in [0.4, 0.5) is 0 Å². The van der Waals surface area contributed by atoms with Crippen LogP contribution in [0.15, 0.2) is 34.9 Å². The molecule has 0 atom stereocenters. The van der Waals surface area contributed by atoms with Crippen LogP contribution < -0.4 is 5.32 Å². The molecule has 2 heterocycles. The Morgan fingerprint density at radius 1 is 1.20 bits per heavy atom. The van der Waals surface area contributed by atoms with Gasteiger partial charge < -0.3 is 9.73 Å². The van der Waals surface area contributed by atoms with Gasteiger partial charge in [0.15, 0.2) is 0 Å². The second-order valence-electron chi connectivity index (χ2n) is 5.13. The molecule has 3 rings (SSSR count). The molecule has 0 unspecified atom stereocenters. The maximum Gasteiger partial charge on any atom is 0.134 e. The summed E-state index contributed by atoms with van der Waals surface area (Å²) < 4.78 is 7.48. The minimum atomic E-state index is 0.796. The molecule has 1 N–H and O–H groups in total. The number of aryl methyl sites for hydroxylation is 2. The van der Waals surface area contributed by atoms with Crippen molar-refractivity contribution in [3.63, 3.8) is 0 Å². The van der Waals surface area contributed by atoms with Crippen molar-refractivity contribution < 1.29 is 4.42 Å². The van der Waals surface area contributed by atoms with Gasteiger partial charge in [-0.25, -0.2) is 0 Å². The zero-order chi connectivity index (χ0) is 14.1. The molecule has 3 aromatic rings. The van der Waals surface area contributed by atoms with Gasteiger partial charge in [-0.05, 0) is 19.9 Å². The molecule has 0 aliphatic heterocycles. The third kappa shape index (κ3) is 2.23. The quantitative estimate of drug-likeness (QED) is 0.791. The summed E-state index contributed by atoms with van der Waals surface area (Å²) in [7, 11) is 1.98. The second kappa shape index (κ2) is 5.13. The van der Waals surface area contributed by atoms with E-state index in [0.717, 1.165) is 24.4 Å². The lowest BCUT2D eigenvalue weighted by Gasteiger charge is -2.04. The number of hydrogen-bond donors (Lipinski definition) is 1. The molecule has 1 aromatic carbocycles. The van der Waals surface area contributed by atoms with E-state index in [-0.39, 0.29) is 0 Å². The predicted molar refractivity (Wildman–Crippen MR) is 79.4 cm³/mol. The first kappa shape index (κ1) is 12.9. The van der Waals surface area contributed by atoms with Crippen molar-refractivity contribution in [3.8, 4) is 0 Å². The Balaban J connectivity index is 1.71. The molecule has 0 saturated heterocycles. The Bertz CT molecular complexity index is 739. The van der Waals surface area contributed by atoms with Gasteiger partial charge >= 0.3 is 0 Å². The number of nitrogens with zero attached hydrogens (tertiary/aromatic N) is 2. The molecule has 0 radical (unpaired) electrons. The van der Waals surface area contributed by atoms with Gasteiger partial charge in [0.25, 0.3) is 0 Å². The SMILES string of the molecule is Cc1nn(C)c(C)c1CNCc1coc2ccccc12. The fraction of sp³-hybridized carbons (Fsp3) is 0.312. The minimum absolute atomic E-state index is 0.796. The molecule has 4 heteroatoms. The molecule has 0 saturated carbocycles. The molecule has 104 valence electrons. The molecule has 0 amide bonds. The Labute approximate surface area is 118 Å². The third-order valence-corrected chi connectivity index (χ3v) is 3.84. The van der Waals surface area contributed by atoms with Crippen LogP contribution in [0.2, 0.25) is 0 Å². The number of furan rings is 1. The summed E-state index contributed by atoms with van der Waals surface area (Å²) in [5.41, 5.74) is 5.72. The number of nitrogens with one attached hydrogen (secondary N) is 1. The van der Waals surface area contributed by atoms with E-state index >= 15 is 0 Å². The van der Waals surface area contributed by atoms with Crippen molar-refractivity contribution in [1.82, 2.24) is 15.1 Å². The first-order valence-electron chi connectivity index (χ1n) is 6.81. The van der Waals surface area contributed by atoms with E-state index < -0.39 is 0 Å². The Morgan fingerprint density at radius 3 is 2.75 bits per heavy atom. The number of para-hydroxylation sites is 1. The monoisotopic (exact) mass is 269 g/mol. The highest BCUT2D eigenvalue weighted by Crippen LogP contribution is 2.20. The molecule has 0 aliphatic carbocycles. The van der Waals surface area contributed by atoms with Crippen LogP contribution in [0.1, 0.15) is 22.5 Å². The summed E-state index contributed by atoms with van der Waals surface area (Å²) in [5.74, 6) is 0. The molecule has 20 heavy (non-hydrogen) atoms. The van der Waals surface area contributed by atoms with Crippen LogP contribution in [0.5, 0.6) is 0 Å². The van der Waals surface area contributed by atoms with Gasteiger partial charge in [0.2, 0.25) is 0 Å². The second-order valence-corrected chi connectivity index (χ2v) is 5.13. The fourth-order valence-electron chi connectivity index (χ4n) is 2.57. The van der Waals surface area contributed by atoms with E-state index in [1.165, 1.54) is 22.2 Å². The van der Waals surface area contributed by atoms with E-state index in [2.05, 4.69) is 30.3 Å². The van der Waals surface area contributed by atoms with Crippen LogP contribution >= 0.6 is 0 Å². The van der Waals surface area contributed by atoms with Crippen LogP contribution in [0, 0.1) is 13.8 Å². The highest BCUT2D eigenvalue weighted by molar-refractivity contribution is 5.80. The van der Waals surface area contributed by atoms with Gasteiger partial charge in [-0.3, -0.25) is 4.68 Å². The van der Waals surface area contributed by atoms with Crippen molar-refractivity contribution in [2.75, 3.05) is 0 Å². The van der Waals surface area contributed by atoms with E-state index in [0.29, 0.717) is 0 Å². The molecule has 4 nitrogen and oxygen atoms in total. The molecule has 0 fully saturated rings. The summed E-state index contributed by atoms with van der Waals surface area (Å²) in [6.45, 7) is 5.78. The summed E-state index contributed by atoms with van der Waals surface area (Å²) in [5, 5.41) is 9.09.